The molecule has 0 spiro atoms. The van der Waals surface area contributed by atoms with Crippen LogP contribution in [-0.2, 0) is 4.79 Å². The van der Waals surface area contributed by atoms with Crippen LogP contribution in [0.25, 0.3) is 0 Å². The van der Waals surface area contributed by atoms with E-state index in [1.165, 1.54) is 11.1 Å². The Kier molecular flexibility index (Phi) is 4.69. The molecule has 0 bridgehead atoms. The molecular formula is C16H18N2OS. The van der Waals surface area contributed by atoms with Crippen molar-refractivity contribution in [3.8, 4) is 0 Å². The average Bonchev–Trinajstić information content (AvgIpc) is 2.40. The highest BCUT2D eigenvalue weighted by molar-refractivity contribution is 8.00. The molecule has 3 N–H and O–H groups in total. The first kappa shape index (κ1) is 14.5. The zero-order valence-electron chi connectivity index (χ0n) is 11.6. The van der Waals surface area contributed by atoms with Gasteiger partial charge in [0, 0.05) is 16.3 Å². The van der Waals surface area contributed by atoms with E-state index in [1.807, 2.05) is 0 Å². The molecule has 2 rings (SSSR count). The van der Waals surface area contributed by atoms with Crippen LogP contribution in [0, 0.1) is 13.8 Å². The maximum atomic E-state index is 11.9. The summed E-state index contributed by atoms with van der Waals surface area (Å²) in [7, 11) is 0. The Morgan fingerprint density at radius 2 is 1.85 bits per heavy atom. The summed E-state index contributed by atoms with van der Waals surface area (Å²) < 4.78 is 0. The highest BCUT2D eigenvalue weighted by atomic mass is 32.2. The number of amides is 1. The second kappa shape index (κ2) is 6.48. The van der Waals surface area contributed by atoms with E-state index in [0.29, 0.717) is 11.4 Å². The summed E-state index contributed by atoms with van der Waals surface area (Å²) in [5.74, 6) is 0.383. The van der Waals surface area contributed by atoms with Gasteiger partial charge in [-0.15, -0.1) is 11.8 Å². The molecule has 0 aliphatic rings. The average molecular weight is 286 g/mol. The molecule has 2 aromatic rings. The summed E-state index contributed by atoms with van der Waals surface area (Å²) in [5.41, 5.74) is 9.50. The van der Waals surface area contributed by atoms with Gasteiger partial charge in [0.25, 0.3) is 0 Å². The van der Waals surface area contributed by atoms with Gasteiger partial charge < -0.3 is 11.1 Å². The number of nitrogens with one attached hydrogen (secondary N) is 1. The van der Waals surface area contributed by atoms with E-state index in [0.717, 1.165) is 10.6 Å². The fourth-order valence-corrected chi connectivity index (χ4v) is 2.68. The number of nitrogen functional groups attached to an aromatic ring is 1. The molecule has 0 heterocycles. The predicted octanol–water partition coefficient (Wildman–Crippen LogP) is 3.62. The summed E-state index contributed by atoms with van der Waals surface area (Å²) in [5, 5.41) is 2.85. The number of carbonyl (C=O) groups is 1. The molecule has 0 atom stereocenters. The first-order valence-electron chi connectivity index (χ1n) is 6.40. The molecule has 0 saturated carbocycles. The van der Waals surface area contributed by atoms with Crippen molar-refractivity contribution in [2.75, 3.05) is 16.8 Å². The molecule has 4 heteroatoms. The van der Waals surface area contributed by atoms with E-state index in [9.17, 15) is 4.79 Å². The monoisotopic (exact) mass is 286 g/mol. The molecule has 0 saturated heterocycles. The molecule has 0 aromatic heterocycles. The molecule has 20 heavy (non-hydrogen) atoms. The van der Waals surface area contributed by atoms with E-state index in [4.69, 9.17) is 5.73 Å². The Labute approximate surface area is 123 Å². The van der Waals surface area contributed by atoms with Gasteiger partial charge >= 0.3 is 0 Å². The van der Waals surface area contributed by atoms with Crippen molar-refractivity contribution in [3.63, 3.8) is 0 Å². The van der Waals surface area contributed by atoms with Crippen LogP contribution in [0.2, 0.25) is 0 Å². The van der Waals surface area contributed by atoms with Gasteiger partial charge in [0.1, 0.15) is 0 Å². The number of rotatable bonds is 4. The van der Waals surface area contributed by atoms with Crippen molar-refractivity contribution in [1.82, 2.24) is 0 Å². The van der Waals surface area contributed by atoms with Crippen LogP contribution in [0.3, 0.4) is 0 Å². The largest absolute Gasteiger partial charge is 0.399 e. The molecule has 0 aliphatic carbocycles. The van der Waals surface area contributed by atoms with Gasteiger partial charge in [-0.1, -0.05) is 17.7 Å². The Hall–Kier alpha value is -1.94. The molecule has 3 nitrogen and oxygen atoms in total. The lowest BCUT2D eigenvalue weighted by Gasteiger charge is -2.08. The van der Waals surface area contributed by atoms with Gasteiger partial charge in [0.15, 0.2) is 0 Å². The van der Waals surface area contributed by atoms with E-state index in [-0.39, 0.29) is 5.91 Å². The second-order valence-electron chi connectivity index (χ2n) is 4.73. The van der Waals surface area contributed by atoms with Crippen molar-refractivity contribution < 1.29 is 4.79 Å². The summed E-state index contributed by atoms with van der Waals surface area (Å²) >= 11 is 1.55. The van der Waals surface area contributed by atoms with Gasteiger partial charge in [0.05, 0.1) is 5.75 Å². The number of hydrogen-bond acceptors (Lipinski definition) is 3. The lowest BCUT2D eigenvalue weighted by Crippen LogP contribution is -2.14. The summed E-state index contributed by atoms with van der Waals surface area (Å²) in [6, 6.07) is 13.4. The second-order valence-corrected chi connectivity index (χ2v) is 5.74. The number of carbonyl (C=O) groups excluding carboxylic acids is 1. The number of hydrogen-bond donors (Lipinski definition) is 2. The Balaban J connectivity index is 1.90. The van der Waals surface area contributed by atoms with E-state index < -0.39 is 0 Å². The third kappa shape index (κ3) is 4.03. The van der Waals surface area contributed by atoms with E-state index in [1.54, 1.807) is 36.0 Å². The molecule has 0 fully saturated rings. The summed E-state index contributed by atoms with van der Waals surface area (Å²) in [6.07, 6.45) is 0. The van der Waals surface area contributed by atoms with Crippen molar-refractivity contribution in [1.29, 1.82) is 0 Å². The zero-order valence-corrected chi connectivity index (χ0v) is 12.5. The minimum atomic E-state index is -0.0141. The molecule has 2 aromatic carbocycles. The maximum Gasteiger partial charge on any atom is 0.234 e. The molecule has 104 valence electrons. The third-order valence-corrected chi connectivity index (χ3v) is 4.06. The fraction of sp³-hybridized carbons (Fsp3) is 0.188. The fourth-order valence-electron chi connectivity index (χ4n) is 1.87. The summed E-state index contributed by atoms with van der Waals surface area (Å²) in [6.45, 7) is 4.13. The molecule has 0 unspecified atom stereocenters. The van der Waals surface area contributed by atoms with Gasteiger partial charge in [-0.25, -0.2) is 0 Å². The number of anilines is 2. The van der Waals surface area contributed by atoms with E-state index in [2.05, 4.69) is 37.4 Å². The van der Waals surface area contributed by atoms with Crippen molar-refractivity contribution in [2.24, 2.45) is 0 Å². The minimum Gasteiger partial charge on any atom is -0.399 e. The first-order valence-corrected chi connectivity index (χ1v) is 7.38. The van der Waals surface area contributed by atoms with Crippen LogP contribution in [0.1, 0.15) is 11.1 Å². The standard InChI is InChI=1S/C16H18N2OS/c1-11-3-8-15(12(2)9-11)20-10-16(19)18-14-6-4-13(17)5-7-14/h3-9H,10,17H2,1-2H3,(H,18,19). The first-order chi connectivity index (χ1) is 9.54. The van der Waals surface area contributed by atoms with Crippen LogP contribution >= 0.6 is 11.8 Å². The topological polar surface area (TPSA) is 55.1 Å². The minimum absolute atomic E-state index is 0.0141. The predicted molar refractivity (Wildman–Crippen MR) is 86.1 cm³/mol. The van der Waals surface area contributed by atoms with Gasteiger partial charge in [-0.2, -0.15) is 0 Å². The normalized spacial score (nSPS) is 10.3. The molecule has 1 amide bonds. The Morgan fingerprint density at radius 3 is 2.50 bits per heavy atom. The molecule has 0 radical (unpaired) electrons. The lowest BCUT2D eigenvalue weighted by atomic mass is 10.2. The number of benzene rings is 2. The molecular weight excluding hydrogens is 268 g/mol. The highest BCUT2D eigenvalue weighted by Gasteiger charge is 2.05. The van der Waals surface area contributed by atoms with Crippen molar-refractivity contribution in [2.45, 2.75) is 18.7 Å². The van der Waals surface area contributed by atoms with Gasteiger partial charge in [-0.05, 0) is 49.7 Å². The van der Waals surface area contributed by atoms with E-state index >= 15 is 0 Å². The lowest BCUT2D eigenvalue weighted by molar-refractivity contribution is -0.113. The Morgan fingerprint density at radius 1 is 1.15 bits per heavy atom. The van der Waals surface area contributed by atoms with Crippen LogP contribution in [-0.4, -0.2) is 11.7 Å². The third-order valence-electron chi connectivity index (χ3n) is 2.88. The van der Waals surface area contributed by atoms with Crippen LogP contribution in [0.15, 0.2) is 47.4 Å². The smallest absolute Gasteiger partial charge is 0.234 e. The number of nitrogens with two attached hydrogens (primary N) is 1. The molecule has 0 aliphatic heterocycles. The number of aryl methyl sites for hydroxylation is 2. The van der Waals surface area contributed by atoms with Crippen LogP contribution in [0.4, 0.5) is 11.4 Å². The Bertz CT molecular complexity index is 608. The number of thioether (sulfide) groups is 1. The SMILES string of the molecule is Cc1ccc(SCC(=O)Nc2ccc(N)cc2)c(C)c1. The van der Waals surface area contributed by atoms with Crippen LogP contribution in [0.5, 0.6) is 0 Å². The quantitative estimate of drug-likeness (QED) is 0.667. The van der Waals surface area contributed by atoms with Gasteiger partial charge in [0.2, 0.25) is 5.91 Å². The van der Waals surface area contributed by atoms with Gasteiger partial charge in [-0.3, -0.25) is 4.79 Å². The zero-order chi connectivity index (χ0) is 14.5. The van der Waals surface area contributed by atoms with Crippen molar-refractivity contribution in [3.05, 3.63) is 53.6 Å². The summed E-state index contributed by atoms with van der Waals surface area (Å²) in [4.78, 5) is 13.0. The maximum absolute atomic E-state index is 11.9. The van der Waals surface area contributed by atoms with Crippen molar-refractivity contribution >= 4 is 29.0 Å². The van der Waals surface area contributed by atoms with Crippen LogP contribution < -0.4 is 11.1 Å². The highest BCUT2D eigenvalue weighted by Crippen LogP contribution is 2.23.